The molecule has 1 aliphatic rings. The van der Waals surface area contributed by atoms with Gasteiger partial charge < -0.3 is 9.47 Å². The Labute approximate surface area is 157 Å². The molecule has 1 saturated heterocycles. The van der Waals surface area contributed by atoms with Gasteiger partial charge in [-0.1, -0.05) is 12.1 Å². The molecule has 1 aliphatic heterocycles. The molecule has 0 atom stereocenters. The largest absolute Gasteiger partial charge is 0.497 e. The van der Waals surface area contributed by atoms with Crippen LogP contribution in [-0.2, 0) is 16.6 Å². The van der Waals surface area contributed by atoms with E-state index < -0.39 is 14.9 Å². The van der Waals surface area contributed by atoms with Crippen LogP contribution in [-0.4, -0.2) is 37.8 Å². The molecule has 27 heavy (non-hydrogen) atoms. The van der Waals surface area contributed by atoms with Crippen LogP contribution in [0.2, 0.25) is 0 Å². The average molecular weight is 392 g/mol. The van der Waals surface area contributed by atoms with E-state index in [0.29, 0.717) is 18.8 Å². The summed E-state index contributed by atoms with van der Waals surface area (Å²) in [4.78, 5) is 10.7. The Bertz CT molecular complexity index is 939. The molecule has 0 aliphatic carbocycles. The van der Waals surface area contributed by atoms with Gasteiger partial charge in [0.25, 0.3) is 0 Å². The summed E-state index contributed by atoms with van der Waals surface area (Å²) in [6, 6.07) is 10.9. The maximum absolute atomic E-state index is 12.6. The van der Waals surface area contributed by atoms with Gasteiger partial charge in [0, 0.05) is 19.2 Å². The maximum Gasteiger partial charge on any atom is 0.312 e. The first-order valence-electron chi connectivity index (χ1n) is 8.46. The summed E-state index contributed by atoms with van der Waals surface area (Å²) in [5.74, 6) is 0.667. The van der Waals surface area contributed by atoms with E-state index >= 15 is 0 Å². The number of nitrogens with zero attached hydrogens (tertiary/aromatic N) is 2. The Balaban J connectivity index is 1.84. The molecule has 0 unspecified atom stereocenters. The summed E-state index contributed by atoms with van der Waals surface area (Å²) in [6.45, 7) is 0.963. The molecule has 0 spiro atoms. The topological polar surface area (TPSA) is 99.0 Å². The normalized spacial score (nSPS) is 14.9. The van der Waals surface area contributed by atoms with Crippen LogP contribution in [0.25, 0.3) is 0 Å². The van der Waals surface area contributed by atoms with E-state index in [2.05, 4.69) is 0 Å². The van der Waals surface area contributed by atoms with Gasteiger partial charge in [-0.25, -0.2) is 8.42 Å². The summed E-state index contributed by atoms with van der Waals surface area (Å²) < 4.78 is 37.3. The summed E-state index contributed by atoms with van der Waals surface area (Å²) in [5.41, 5.74) is 0.399. The summed E-state index contributed by atoms with van der Waals surface area (Å²) in [7, 11) is -2.18. The van der Waals surface area contributed by atoms with Crippen molar-refractivity contribution in [2.24, 2.45) is 0 Å². The quantitative estimate of drug-likeness (QED) is 0.531. The van der Waals surface area contributed by atoms with Gasteiger partial charge in [-0.3, -0.25) is 10.1 Å². The van der Waals surface area contributed by atoms with Crippen molar-refractivity contribution in [3.05, 3.63) is 58.1 Å². The first kappa shape index (κ1) is 19.1. The van der Waals surface area contributed by atoms with Gasteiger partial charge in [-0.05, 0) is 42.7 Å². The highest BCUT2D eigenvalue weighted by Gasteiger charge is 2.29. The van der Waals surface area contributed by atoms with Crippen LogP contribution < -0.4 is 9.47 Å². The molecule has 8 nitrogen and oxygen atoms in total. The molecule has 0 saturated carbocycles. The fraction of sp³-hybridized carbons (Fsp3) is 0.333. The van der Waals surface area contributed by atoms with Crippen LogP contribution in [0.1, 0.15) is 18.4 Å². The molecule has 144 valence electrons. The van der Waals surface area contributed by atoms with Crippen molar-refractivity contribution >= 4 is 15.7 Å². The highest BCUT2D eigenvalue weighted by Crippen LogP contribution is 2.32. The Morgan fingerprint density at radius 2 is 1.89 bits per heavy atom. The third kappa shape index (κ3) is 4.20. The van der Waals surface area contributed by atoms with E-state index in [4.69, 9.17) is 9.47 Å². The molecule has 0 radical (unpaired) electrons. The minimum atomic E-state index is -3.73. The predicted octanol–water partition coefficient (Wildman–Crippen LogP) is 2.97. The van der Waals surface area contributed by atoms with Gasteiger partial charge in [0.05, 0.1) is 16.9 Å². The van der Waals surface area contributed by atoms with Gasteiger partial charge in [0.2, 0.25) is 10.0 Å². The van der Waals surface area contributed by atoms with Crippen LogP contribution in [0.15, 0.2) is 47.4 Å². The number of sulfonamides is 1. The van der Waals surface area contributed by atoms with Crippen LogP contribution in [0.4, 0.5) is 5.69 Å². The predicted molar refractivity (Wildman–Crippen MR) is 98.4 cm³/mol. The summed E-state index contributed by atoms with van der Waals surface area (Å²) in [5, 5.41) is 11.4. The molecule has 0 aromatic heterocycles. The Kier molecular flexibility index (Phi) is 5.62. The van der Waals surface area contributed by atoms with Gasteiger partial charge in [0.15, 0.2) is 5.75 Å². The first-order valence-corrected chi connectivity index (χ1v) is 9.90. The van der Waals surface area contributed by atoms with Crippen molar-refractivity contribution in [3.63, 3.8) is 0 Å². The minimum Gasteiger partial charge on any atom is -0.497 e. The zero-order chi connectivity index (χ0) is 19.4. The molecular weight excluding hydrogens is 372 g/mol. The lowest BCUT2D eigenvalue weighted by Crippen LogP contribution is -2.27. The molecule has 0 bridgehead atoms. The zero-order valence-corrected chi connectivity index (χ0v) is 15.6. The van der Waals surface area contributed by atoms with E-state index in [-0.39, 0.29) is 22.9 Å². The molecule has 3 rings (SSSR count). The van der Waals surface area contributed by atoms with Gasteiger partial charge in [-0.2, -0.15) is 4.31 Å². The molecule has 1 heterocycles. The van der Waals surface area contributed by atoms with Crippen molar-refractivity contribution in [1.82, 2.24) is 4.31 Å². The second-order valence-electron chi connectivity index (χ2n) is 6.14. The van der Waals surface area contributed by atoms with Crippen molar-refractivity contribution in [2.75, 3.05) is 20.2 Å². The summed E-state index contributed by atoms with van der Waals surface area (Å²) >= 11 is 0. The fourth-order valence-corrected chi connectivity index (χ4v) is 4.46. The highest BCUT2D eigenvalue weighted by atomic mass is 32.2. The zero-order valence-electron chi connectivity index (χ0n) is 14.8. The number of hydrogen-bond donors (Lipinski definition) is 0. The van der Waals surface area contributed by atoms with Crippen molar-refractivity contribution in [2.45, 2.75) is 24.3 Å². The number of nitro groups is 1. The monoisotopic (exact) mass is 392 g/mol. The Morgan fingerprint density at radius 3 is 2.56 bits per heavy atom. The first-order chi connectivity index (χ1) is 12.9. The standard InChI is InChI=1S/C18H20N2O6S/c1-25-15-6-4-5-14(11-15)13-26-18-8-7-16(12-17(18)20(21)22)27(23,24)19-9-2-3-10-19/h4-8,11-12H,2-3,9-10,13H2,1H3. The van der Waals surface area contributed by atoms with Crippen molar-refractivity contribution in [1.29, 1.82) is 0 Å². The molecule has 0 amide bonds. The van der Waals surface area contributed by atoms with Crippen molar-refractivity contribution in [3.8, 4) is 11.5 Å². The number of hydrogen-bond acceptors (Lipinski definition) is 6. The number of methoxy groups -OCH3 is 1. The number of nitro benzene ring substituents is 1. The second kappa shape index (κ2) is 7.93. The van der Waals surface area contributed by atoms with E-state index in [0.717, 1.165) is 24.5 Å². The van der Waals surface area contributed by atoms with Crippen molar-refractivity contribution < 1.29 is 22.8 Å². The second-order valence-corrected chi connectivity index (χ2v) is 8.08. The van der Waals surface area contributed by atoms with Gasteiger partial charge in [0.1, 0.15) is 12.4 Å². The SMILES string of the molecule is COc1cccc(COc2ccc(S(=O)(=O)N3CCCC3)cc2[N+](=O)[O-])c1. The van der Waals surface area contributed by atoms with Crippen LogP contribution in [0.3, 0.4) is 0 Å². The molecule has 2 aromatic carbocycles. The lowest BCUT2D eigenvalue weighted by molar-refractivity contribution is -0.386. The highest BCUT2D eigenvalue weighted by molar-refractivity contribution is 7.89. The minimum absolute atomic E-state index is 0.0168. The third-order valence-electron chi connectivity index (χ3n) is 4.36. The number of benzene rings is 2. The fourth-order valence-electron chi connectivity index (χ4n) is 2.92. The van der Waals surface area contributed by atoms with Crippen LogP contribution in [0.5, 0.6) is 11.5 Å². The van der Waals surface area contributed by atoms with E-state index in [1.807, 2.05) is 0 Å². The lowest BCUT2D eigenvalue weighted by Gasteiger charge is -2.16. The Hall–Kier alpha value is -2.65. The van der Waals surface area contributed by atoms with E-state index in [9.17, 15) is 18.5 Å². The molecule has 9 heteroatoms. The van der Waals surface area contributed by atoms with E-state index in [1.165, 1.54) is 16.4 Å². The lowest BCUT2D eigenvalue weighted by atomic mass is 10.2. The Morgan fingerprint density at radius 1 is 1.15 bits per heavy atom. The molecular formula is C18H20N2O6S. The van der Waals surface area contributed by atoms with Gasteiger partial charge in [-0.15, -0.1) is 0 Å². The molecule has 1 fully saturated rings. The number of rotatable bonds is 7. The van der Waals surface area contributed by atoms with E-state index in [1.54, 1.807) is 31.4 Å². The van der Waals surface area contributed by atoms with Crippen LogP contribution >= 0.6 is 0 Å². The van der Waals surface area contributed by atoms with Crippen LogP contribution in [0, 0.1) is 10.1 Å². The summed E-state index contributed by atoms with van der Waals surface area (Å²) in [6.07, 6.45) is 1.59. The molecule has 2 aromatic rings. The molecule has 0 N–H and O–H groups in total. The third-order valence-corrected chi connectivity index (χ3v) is 6.25. The average Bonchev–Trinajstić information content (AvgIpc) is 3.22. The van der Waals surface area contributed by atoms with Gasteiger partial charge >= 0.3 is 5.69 Å². The smallest absolute Gasteiger partial charge is 0.312 e. The maximum atomic E-state index is 12.6. The number of ether oxygens (including phenoxy) is 2.